The molecule has 18 heavy (non-hydrogen) atoms. The smallest absolute Gasteiger partial charge is 0.258 e. The number of nitro benzene ring substituents is 1. The zero-order valence-corrected chi connectivity index (χ0v) is 10.4. The number of hydrogen-bond acceptors (Lipinski definition) is 3. The molecule has 1 atom stereocenters. The molecule has 0 saturated carbocycles. The summed E-state index contributed by atoms with van der Waals surface area (Å²) in [5, 5.41) is 11.1. The van der Waals surface area contributed by atoms with Gasteiger partial charge in [-0.25, -0.2) is 0 Å². The number of fused-ring (bicyclic) bond motifs is 1. The Morgan fingerprint density at radius 1 is 1.17 bits per heavy atom. The molecule has 3 rings (SSSR count). The van der Waals surface area contributed by atoms with Crippen LogP contribution >= 0.6 is 11.8 Å². The molecule has 1 aliphatic rings. The van der Waals surface area contributed by atoms with Crippen molar-refractivity contribution in [2.24, 2.45) is 0 Å². The SMILES string of the molecule is O=[N+]([O-])c1ccc2c(c1)SC(c1ccccc1)C2. The van der Waals surface area contributed by atoms with Crippen LogP contribution in [0.5, 0.6) is 0 Å². The molecule has 1 heterocycles. The fourth-order valence-electron chi connectivity index (χ4n) is 2.18. The Kier molecular flexibility index (Phi) is 2.80. The van der Waals surface area contributed by atoms with Gasteiger partial charge in [-0.3, -0.25) is 10.1 Å². The van der Waals surface area contributed by atoms with Gasteiger partial charge in [-0.15, -0.1) is 11.8 Å². The van der Waals surface area contributed by atoms with Gasteiger partial charge in [-0.2, -0.15) is 0 Å². The minimum Gasteiger partial charge on any atom is -0.258 e. The van der Waals surface area contributed by atoms with Crippen molar-refractivity contribution in [2.45, 2.75) is 16.6 Å². The van der Waals surface area contributed by atoms with Crippen molar-refractivity contribution in [1.82, 2.24) is 0 Å². The highest BCUT2D eigenvalue weighted by Crippen LogP contribution is 2.47. The van der Waals surface area contributed by atoms with Crippen LogP contribution in [0.1, 0.15) is 16.4 Å². The highest BCUT2D eigenvalue weighted by atomic mass is 32.2. The summed E-state index contributed by atoms with van der Waals surface area (Å²) in [6.45, 7) is 0. The Morgan fingerprint density at radius 2 is 1.94 bits per heavy atom. The summed E-state index contributed by atoms with van der Waals surface area (Å²) in [6, 6.07) is 15.4. The average Bonchev–Trinajstić information content (AvgIpc) is 2.82. The number of non-ortho nitro benzene ring substituents is 1. The highest BCUT2D eigenvalue weighted by Gasteiger charge is 2.25. The van der Waals surface area contributed by atoms with Gasteiger partial charge >= 0.3 is 0 Å². The van der Waals surface area contributed by atoms with Gasteiger partial charge in [-0.05, 0) is 17.5 Å². The van der Waals surface area contributed by atoms with Crippen molar-refractivity contribution < 1.29 is 4.92 Å². The van der Waals surface area contributed by atoms with E-state index in [4.69, 9.17) is 0 Å². The van der Waals surface area contributed by atoms with Crippen molar-refractivity contribution in [3.05, 3.63) is 69.8 Å². The normalized spacial score (nSPS) is 17.4. The first kappa shape index (κ1) is 11.3. The molecule has 3 nitrogen and oxygen atoms in total. The molecule has 0 N–H and O–H groups in total. The van der Waals surface area contributed by atoms with Crippen molar-refractivity contribution in [3.8, 4) is 0 Å². The molecule has 0 saturated heterocycles. The lowest BCUT2D eigenvalue weighted by Gasteiger charge is -2.07. The second-order valence-corrected chi connectivity index (χ2v) is 5.52. The second-order valence-electron chi connectivity index (χ2n) is 4.27. The van der Waals surface area contributed by atoms with Gasteiger partial charge in [-0.1, -0.05) is 36.4 Å². The molecule has 0 aliphatic carbocycles. The number of benzene rings is 2. The number of nitro groups is 1. The lowest BCUT2D eigenvalue weighted by molar-refractivity contribution is -0.385. The zero-order chi connectivity index (χ0) is 12.5. The summed E-state index contributed by atoms with van der Waals surface area (Å²) in [7, 11) is 0. The molecule has 0 aromatic heterocycles. The molecule has 4 heteroatoms. The van der Waals surface area contributed by atoms with E-state index in [2.05, 4.69) is 12.1 Å². The number of rotatable bonds is 2. The van der Waals surface area contributed by atoms with Crippen LogP contribution in [0.4, 0.5) is 5.69 Å². The topological polar surface area (TPSA) is 43.1 Å². The van der Waals surface area contributed by atoms with Crippen LogP contribution in [-0.2, 0) is 6.42 Å². The third-order valence-electron chi connectivity index (χ3n) is 3.11. The first-order valence-electron chi connectivity index (χ1n) is 5.73. The Bertz CT molecular complexity index is 598. The quantitative estimate of drug-likeness (QED) is 0.603. The maximum absolute atomic E-state index is 10.7. The molecule has 1 aliphatic heterocycles. The molecule has 1 unspecified atom stereocenters. The van der Waals surface area contributed by atoms with Crippen LogP contribution in [0, 0.1) is 10.1 Å². The summed E-state index contributed by atoms with van der Waals surface area (Å²) >= 11 is 1.72. The van der Waals surface area contributed by atoms with Gasteiger partial charge < -0.3 is 0 Å². The van der Waals surface area contributed by atoms with E-state index in [9.17, 15) is 10.1 Å². The predicted molar refractivity (Wildman–Crippen MR) is 71.8 cm³/mol. The van der Waals surface area contributed by atoms with E-state index >= 15 is 0 Å². The predicted octanol–water partition coefficient (Wildman–Crippen LogP) is 3.98. The summed E-state index contributed by atoms with van der Waals surface area (Å²) in [5.41, 5.74) is 2.66. The Balaban J connectivity index is 1.90. The van der Waals surface area contributed by atoms with Gasteiger partial charge in [0.05, 0.1) is 4.92 Å². The maximum atomic E-state index is 10.7. The lowest BCUT2D eigenvalue weighted by atomic mass is 10.0. The van der Waals surface area contributed by atoms with E-state index in [1.54, 1.807) is 23.9 Å². The number of hydrogen-bond donors (Lipinski definition) is 0. The molecule has 0 spiro atoms. The van der Waals surface area contributed by atoms with Crippen molar-refractivity contribution in [1.29, 1.82) is 0 Å². The monoisotopic (exact) mass is 257 g/mol. The standard InChI is InChI=1S/C14H11NO2S/c16-15(17)12-7-6-11-8-13(18-14(11)9-12)10-4-2-1-3-5-10/h1-7,9,13H,8H2. The molecule has 0 bridgehead atoms. The van der Waals surface area contributed by atoms with E-state index in [0.29, 0.717) is 5.25 Å². The second kappa shape index (κ2) is 4.46. The van der Waals surface area contributed by atoms with Crippen LogP contribution in [0.3, 0.4) is 0 Å². The summed E-state index contributed by atoms with van der Waals surface area (Å²) in [4.78, 5) is 11.5. The van der Waals surface area contributed by atoms with Crippen molar-refractivity contribution in [2.75, 3.05) is 0 Å². The minimum absolute atomic E-state index is 0.176. The van der Waals surface area contributed by atoms with Crippen molar-refractivity contribution in [3.63, 3.8) is 0 Å². The average molecular weight is 257 g/mol. The molecule has 2 aromatic rings. The lowest BCUT2D eigenvalue weighted by Crippen LogP contribution is -1.91. The number of nitrogens with zero attached hydrogens (tertiary/aromatic N) is 1. The summed E-state index contributed by atoms with van der Waals surface area (Å²) in [5.74, 6) is 0. The van der Waals surface area contributed by atoms with Crippen molar-refractivity contribution >= 4 is 17.4 Å². The van der Waals surface area contributed by atoms with Crippen LogP contribution in [0.2, 0.25) is 0 Å². The van der Waals surface area contributed by atoms with Gasteiger partial charge in [0.1, 0.15) is 0 Å². The van der Waals surface area contributed by atoms with Crippen LogP contribution in [0.15, 0.2) is 53.4 Å². The molecule has 0 radical (unpaired) electrons. The molecule has 2 aromatic carbocycles. The number of thioether (sulfide) groups is 1. The largest absolute Gasteiger partial charge is 0.270 e. The van der Waals surface area contributed by atoms with Crippen LogP contribution in [0.25, 0.3) is 0 Å². The summed E-state index contributed by atoms with van der Waals surface area (Å²) < 4.78 is 0. The third-order valence-corrected chi connectivity index (χ3v) is 4.46. The van der Waals surface area contributed by atoms with E-state index in [1.165, 1.54) is 11.1 Å². The van der Waals surface area contributed by atoms with Gasteiger partial charge in [0.15, 0.2) is 0 Å². The zero-order valence-electron chi connectivity index (χ0n) is 9.58. The first-order chi connectivity index (χ1) is 8.74. The molecule has 90 valence electrons. The minimum atomic E-state index is -0.337. The third kappa shape index (κ3) is 1.99. The molecular weight excluding hydrogens is 246 g/mol. The van der Waals surface area contributed by atoms with Crippen LogP contribution in [-0.4, -0.2) is 4.92 Å². The first-order valence-corrected chi connectivity index (χ1v) is 6.61. The Morgan fingerprint density at radius 3 is 2.67 bits per heavy atom. The fraction of sp³-hybridized carbons (Fsp3) is 0.143. The summed E-state index contributed by atoms with van der Waals surface area (Å²) in [6.07, 6.45) is 0.946. The molecular formula is C14H11NO2S. The molecule has 0 amide bonds. The fourth-order valence-corrected chi connectivity index (χ4v) is 3.54. The van der Waals surface area contributed by atoms with E-state index in [0.717, 1.165) is 11.3 Å². The maximum Gasteiger partial charge on any atom is 0.270 e. The van der Waals surface area contributed by atoms with Gasteiger partial charge in [0.25, 0.3) is 5.69 Å². The van der Waals surface area contributed by atoms with Crippen LogP contribution < -0.4 is 0 Å². The van der Waals surface area contributed by atoms with Gasteiger partial charge in [0.2, 0.25) is 0 Å². The molecule has 0 fully saturated rings. The van der Waals surface area contributed by atoms with E-state index < -0.39 is 0 Å². The van der Waals surface area contributed by atoms with Gasteiger partial charge in [0, 0.05) is 22.3 Å². The Hall–Kier alpha value is -1.81. The Labute approximate surface area is 109 Å². The van der Waals surface area contributed by atoms with E-state index in [1.807, 2.05) is 24.3 Å². The highest BCUT2D eigenvalue weighted by molar-refractivity contribution is 7.99. The van der Waals surface area contributed by atoms with E-state index in [-0.39, 0.29) is 10.6 Å².